The van der Waals surface area contributed by atoms with Crippen LogP contribution in [0.3, 0.4) is 0 Å². The fourth-order valence-corrected chi connectivity index (χ4v) is 6.12. The lowest BCUT2D eigenvalue weighted by Gasteiger charge is -2.57. The minimum absolute atomic E-state index is 0.0765. The van der Waals surface area contributed by atoms with E-state index in [2.05, 4.69) is 13.5 Å². The fraction of sp³-hybridized carbons (Fsp3) is 0.720. The molecule has 0 aliphatic heterocycles. The number of rotatable bonds is 9. The first-order chi connectivity index (χ1) is 15.1. The van der Waals surface area contributed by atoms with Crippen LogP contribution in [-0.4, -0.2) is 52.5 Å². The molecule has 32 heavy (non-hydrogen) atoms. The predicted molar refractivity (Wildman–Crippen MR) is 120 cm³/mol. The molecule has 2 aliphatic rings. The molecule has 0 heterocycles. The summed E-state index contributed by atoms with van der Waals surface area (Å²) >= 11 is 0. The summed E-state index contributed by atoms with van der Waals surface area (Å²) in [4.78, 5) is 38.0. The van der Waals surface area contributed by atoms with E-state index in [1.807, 2.05) is 6.92 Å². The van der Waals surface area contributed by atoms with Gasteiger partial charge in [-0.3, -0.25) is 9.59 Å². The molecule has 0 spiro atoms. The highest BCUT2D eigenvalue weighted by molar-refractivity contribution is 6.17. The average molecular weight is 451 g/mol. The molecular weight excluding hydrogens is 412 g/mol. The Bertz CT molecular complexity index is 766. The van der Waals surface area contributed by atoms with Gasteiger partial charge in [-0.05, 0) is 62.4 Å². The number of carbonyl (C=O) groups is 3. The molecule has 1 unspecified atom stereocenters. The van der Waals surface area contributed by atoms with E-state index in [0.717, 1.165) is 37.7 Å². The molecule has 0 N–H and O–H groups in total. The second-order valence-electron chi connectivity index (χ2n) is 9.44. The zero-order valence-electron chi connectivity index (χ0n) is 20.3. The molecule has 2 saturated carbocycles. The van der Waals surface area contributed by atoms with Crippen LogP contribution in [0, 0.1) is 22.7 Å². The van der Waals surface area contributed by atoms with Crippen LogP contribution in [0.5, 0.6) is 0 Å². The van der Waals surface area contributed by atoms with Crippen molar-refractivity contribution in [3.63, 3.8) is 0 Å². The molecule has 0 aromatic carbocycles. The normalized spacial score (nSPS) is 30.6. The first kappa shape index (κ1) is 26.3. The Balaban J connectivity index is 2.27. The van der Waals surface area contributed by atoms with Crippen LogP contribution in [0.1, 0.15) is 58.8 Å². The molecule has 0 aromatic rings. The van der Waals surface area contributed by atoms with Gasteiger partial charge in [-0.25, -0.2) is 4.79 Å². The molecule has 0 radical (unpaired) electrons. The fourth-order valence-electron chi connectivity index (χ4n) is 6.12. The second-order valence-corrected chi connectivity index (χ2v) is 9.44. The quantitative estimate of drug-likeness (QED) is 0.131. The number of ketones is 1. The van der Waals surface area contributed by atoms with Crippen molar-refractivity contribution >= 4 is 17.7 Å². The Labute approximate surface area is 191 Å². The highest BCUT2D eigenvalue weighted by Gasteiger charge is 2.57. The number of allylic oxidation sites excluding steroid dienone is 1. The van der Waals surface area contributed by atoms with Crippen LogP contribution in [0.25, 0.3) is 0 Å². The maximum absolute atomic E-state index is 13.0. The van der Waals surface area contributed by atoms with Crippen molar-refractivity contribution in [3.8, 4) is 0 Å². The largest absolute Gasteiger partial charge is 0.469 e. The minimum Gasteiger partial charge on any atom is -0.469 e. The van der Waals surface area contributed by atoms with E-state index in [0.29, 0.717) is 6.42 Å². The van der Waals surface area contributed by atoms with E-state index < -0.39 is 17.7 Å². The summed E-state index contributed by atoms with van der Waals surface area (Å²) in [5.74, 6) is -0.952. The van der Waals surface area contributed by atoms with Gasteiger partial charge in [-0.2, -0.15) is 0 Å². The molecule has 0 amide bonds. The highest BCUT2D eigenvalue weighted by atomic mass is 16.7. The Morgan fingerprint density at radius 3 is 2.31 bits per heavy atom. The molecular formula is C25H38O7. The Morgan fingerprint density at radius 2 is 1.75 bits per heavy atom. The van der Waals surface area contributed by atoms with Crippen LogP contribution >= 0.6 is 0 Å². The van der Waals surface area contributed by atoms with Crippen LogP contribution < -0.4 is 0 Å². The van der Waals surface area contributed by atoms with Crippen LogP contribution in [0.4, 0.5) is 0 Å². The number of Topliss-reactive ketones (excluding diaryl/α,β-unsaturated/α-hetero) is 1. The minimum atomic E-state index is -0.821. The van der Waals surface area contributed by atoms with Crippen molar-refractivity contribution in [2.45, 2.75) is 65.1 Å². The Kier molecular flexibility index (Phi) is 8.82. The van der Waals surface area contributed by atoms with Gasteiger partial charge in [0.05, 0.1) is 19.6 Å². The number of esters is 2. The van der Waals surface area contributed by atoms with Crippen LogP contribution in [-0.2, 0) is 33.3 Å². The van der Waals surface area contributed by atoms with Gasteiger partial charge in [0, 0.05) is 20.6 Å². The van der Waals surface area contributed by atoms with E-state index in [1.165, 1.54) is 34.5 Å². The molecule has 0 bridgehead atoms. The average Bonchev–Trinajstić information content (AvgIpc) is 2.77. The van der Waals surface area contributed by atoms with Gasteiger partial charge in [-0.1, -0.05) is 25.5 Å². The molecule has 0 saturated heterocycles. The van der Waals surface area contributed by atoms with E-state index in [4.69, 9.17) is 18.9 Å². The number of fused-ring (bicyclic) bond motifs is 1. The molecule has 0 aromatic heterocycles. The molecule has 4 atom stereocenters. The molecule has 2 rings (SSSR count). The molecule has 180 valence electrons. The molecule has 7 heteroatoms. The van der Waals surface area contributed by atoms with Gasteiger partial charge < -0.3 is 18.9 Å². The lowest BCUT2D eigenvalue weighted by Crippen LogP contribution is -2.53. The summed E-state index contributed by atoms with van der Waals surface area (Å²) in [7, 11) is 5.55. The predicted octanol–water partition coefficient (Wildman–Crippen LogP) is 4.01. The van der Waals surface area contributed by atoms with Crippen LogP contribution in [0.15, 0.2) is 23.8 Å². The van der Waals surface area contributed by atoms with Crippen molar-refractivity contribution in [1.29, 1.82) is 0 Å². The summed E-state index contributed by atoms with van der Waals surface area (Å²) in [5.41, 5.74) is 0.340. The summed E-state index contributed by atoms with van der Waals surface area (Å²) < 4.78 is 20.2. The van der Waals surface area contributed by atoms with Crippen molar-refractivity contribution < 1.29 is 33.3 Å². The summed E-state index contributed by atoms with van der Waals surface area (Å²) in [5, 5.41) is 0. The number of hydrogen-bond acceptors (Lipinski definition) is 7. The van der Waals surface area contributed by atoms with E-state index in [-0.39, 0.29) is 41.0 Å². The Morgan fingerprint density at radius 1 is 1.09 bits per heavy atom. The number of hydrogen-bond donors (Lipinski definition) is 0. The summed E-state index contributed by atoms with van der Waals surface area (Å²) in [6.45, 7) is 8.56. The standard InChI is InChI=1S/C25H38O7/c1-16-9-12-20-24(2,13-8-14-25(20,3)23(28)32-7)18(16)10-11-19(26)17(22(27)31-6)15-21(29-4)30-5/h15,18,20-21H,1,8-14H2,2-7H3/b17-15-/t18-,20?,24+,25-/m0/s1. The van der Waals surface area contributed by atoms with Gasteiger partial charge in [0.25, 0.3) is 0 Å². The SMILES string of the molecule is C=C1CCC2[C@](C)(CCC[C@]2(C)C(=O)OC)[C@H]1CCC(=O)/C(=C/C(OC)OC)C(=O)OC. The first-order valence-corrected chi connectivity index (χ1v) is 11.2. The third-order valence-corrected chi connectivity index (χ3v) is 7.80. The maximum Gasteiger partial charge on any atom is 0.341 e. The topological polar surface area (TPSA) is 88.1 Å². The Hall–Kier alpha value is -1.99. The molecule has 2 aliphatic carbocycles. The monoisotopic (exact) mass is 450 g/mol. The molecule has 7 nitrogen and oxygen atoms in total. The van der Waals surface area contributed by atoms with E-state index in [9.17, 15) is 14.4 Å². The highest BCUT2D eigenvalue weighted by Crippen LogP contribution is 2.62. The lowest BCUT2D eigenvalue weighted by molar-refractivity contribution is -0.168. The van der Waals surface area contributed by atoms with Crippen LogP contribution in [0.2, 0.25) is 0 Å². The van der Waals surface area contributed by atoms with Crippen molar-refractivity contribution in [2.75, 3.05) is 28.4 Å². The van der Waals surface area contributed by atoms with Gasteiger partial charge in [0.15, 0.2) is 12.1 Å². The maximum atomic E-state index is 13.0. The third kappa shape index (κ3) is 4.99. The number of carbonyl (C=O) groups excluding carboxylic acids is 3. The van der Waals surface area contributed by atoms with Crippen molar-refractivity contribution in [2.24, 2.45) is 22.7 Å². The van der Waals surface area contributed by atoms with E-state index >= 15 is 0 Å². The number of methoxy groups -OCH3 is 4. The van der Waals surface area contributed by atoms with E-state index in [1.54, 1.807) is 0 Å². The second kappa shape index (κ2) is 10.8. The number of ether oxygens (including phenoxy) is 4. The first-order valence-electron chi connectivity index (χ1n) is 11.2. The lowest BCUT2D eigenvalue weighted by atomic mass is 9.46. The van der Waals surface area contributed by atoms with Crippen molar-refractivity contribution in [3.05, 3.63) is 23.8 Å². The third-order valence-electron chi connectivity index (χ3n) is 7.80. The molecule has 2 fully saturated rings. The zero-order valence-corrected chi connectivity index (χ0v) is 20.3. The summed E-state index contributed by atoms with van der Waals surface area (Å²) in [6.07, 6.45) is 5.67. The van der Waals surface area contributed by atoms with Gasteiger partial charge in [-0.15, -0.1) is 0 Å². The van der Waals surface area contributed by atoms with Gasteiger partial charge in [0.2, 0.25) is 0 Å². The zero-order chi connectivity index (χ0) is 24.1. The van der Waals surface area contributed by atoms with Crippen molar-refractivity contribution in [1.82, 2.24) is 0 Å². The van der Waals surface area contributed by atoms with Gasteiger partial charge >= 0.3 is 11.9 Å². The van der Waals surface area contributed by atoms with Gasteiger partial charge in [0.1, 0.15) is 5.57 Å². The summed E-state index contributed by atoms with van der Waals surface area (Å²) in [6, 6.07) is 0. The smallest absolute Gasteiger partial charge is 0.341 e.